The Morgan fingerprint density at radius 2 is 2.25 bits per heavy atom. The molecule has 0 bridgehead atoms. The smallest absolute Gasteiger partial charge is 0.0476 e. The molecule has 1 atom stereocenters. The highest BCUT2D eigenvalue weighted by atomic mass is 32.2. The van der Waals surface area contributed by atoms with Gasteiger partial charge in [0.05, 0.1) is 0 Å². The Labute approximate surface area is 80.4 Å². The van der Waals surface area contributed by atoms with E-state index >= 15 is 0 Å². The van der Waals surface area contributed by atoms with Crippen LogP contribution >= 0.6 is 11.8 Å². The highest BCUT2D eigenvalue weighted by Crippen LogP contribution is 1.96. The fraction of sp³-hybridized carbons (Fsp3) is 1.00. The van der Waals surface area contributed by atoms with Crippen molar-refractivity contribution in [2.24, 2.45) is 0 Å². The molecule has 3 heteroatoms. The lowest BCUT2D eigenvalue weighted by molar-refractivity contribution is 0.185. The average molecular weight is 191 g/mol. The highest BCUT2D eigenvalue weighted by Gasteiger charge is 1.98. The van der Waals surface area contributed by atoms with Crippen molar-refractivity contribution in [1.82, 2.24) is 5.32 Å². The van der Waals surface area contributed by atoms with Crippen LogP contribution in [-0.2, 0) is 4.74 Å². The molecule has 0 fully saturated rings. The number of nitrogens with one attached hydrogen (secondary N) is 1. The summed E-state index contributed by atoms with van der Waals surface area (Å²) in [6, 6.07) is 0.586. The van der Waals surface area contributed by atoms with Gasteiger partial charge in [0, 0.05) is 32.1 Å². The summed E-state index contributed by atoms with van der Waals surface area (Å²) in [6.45, 7) is 6.37. The SMILES string of the molecule is CCSCCNC(C)CCOC. The fourth-order valence-corrected chi connectivity index (χ4v) is 1.47. The van der Waals surface area contributed by atoms with E-state index < -0.39 is 0 Å². The lowest BCUT2D eigenvalue weighted by atomic mass is 10.2. The van der Waals surface area contributed by atoms with Crippen molar-refractivity contribution >= 4 is 11.8 Å². The van der Waals surface area contributed by atoms with Gasteiger partial charge in [0.15, 0.2) is 0 Å². The van der Waals surface area contributed by atoms with Crippen LogP contribution in [0.3, 0.4) is 0 Å². The zero-order valence-corrected chi connectivity index (χ0v) is 9.25. The summed E-state index contributed by atoms with van der Waals surface area (Å²) >= 11 is 1.98. The predicted octanol–water partition coefficient (Wildman–Crippen LogP) is 1.75. The van der Waals surface area contributed by atoms with Gasteiger partial charge in [-0.3, -0.25) is 0 Å². The van der Waals surface area contributed by atoms with Crippen LogP contribution < -0.4 is 5.32 Å². The summed E-state index contributed by atoms with van der Waals surface area (Å²) in [7, 11) is 1.75. The third-order valence-electron chi connectivity index (χ3n) is 1.70. The molecule has 0 heterocycles. The van der Waals surface area contributed by atoms with Gasteiger partial charge in [0.2, 0.25) is 0 Å². The van der Waals surface area contributed by atoms with E-state index in [-0.39, 0.29) is 0 Å². The number of thioether (sulfide) groups is 1. The second-order valence-electron chi connectivity index (χ2n) is 2.83. The van der Waals surface area contributed by atoms with E-state index in [1.165, 1.54) is 11.5 Å². The minimum absolute atomic E-state index is 0.586. The largest absolute Gasteiger partial charge is 0.385 e. The van der Waals surface area contributed by atoms with Crippen LogP contribution in [-0.4, -0.2) is 37.8 Å². The monoisotopic (exact) mass is 191 g/mol. The van der Waals surface area contributed by atoms with Crippen molar-refractivity contribution in [2.75, 3.05) is 31.8 Å². The van der Waals surface area contributed by atoms with Gasteiger partial charge in [0.25, 0.3) is 0 Å². The van der Waals surface area contributed by atoms with Crippen molar-refractivity contribution in [2.45, 2.75) is 26.3 Å². The third kappa shape index (κ3) is 8.37. The van der Waals surface area contributed by atoms with Gasteiger partial charge in [-0.15, -0.1) is 0 Å². The number of hydrogen-bond donors (Lipinski definition) is 1. The van der Waals surface area contributed by atoms with Gasteiger partial charge in [-0.25, -0.2) is 0 Å². The van der Waals surface area contributed by atoms with Gasteiger partial charge in [0.1, 0.15) is 0 Å². The molecule has 0 amide bonds. The van der Waals surface area contributed by atoms with Crippen molar-refractivity contribution in [3.63, 3.8) is 0 Å². The molecule has 0 aromatic rings. The van der Waals surface area contributed by atoms with Crippen LogP contribution in [0.4, 0.5) is 0 Å². The van der Waals surface area contributed by atoms with Crippen LogP contribution in [0.15, 0.2) is 0 Å². The molecule has 0 aromatic heterocycles. The predicted molar refractivity (Wildman–Crippen MR) is 57.0 cm³/mol. The number of rotatable bonds is 8. The van der Waals surface area contributed by atoms with E-state index in [0.717, 1.165) is 19.6 Å². The molecule has 0 saturated carbocycles. The third-order valence-corrected chi connectivity index (χ3v) is 2.60. The first-order valence-corrected chi connectivity index (χ1v) is 5.76. The molecule has 0 aliphatic heterocycles. The van der Waals surface area contributed by atoms with E-state index in [2.05, 4.69) is 19.2 Å². The summed E-state index contributed by atoms with van der Waals surface area (Å²) in [5, 5.41) is 3.45. The van der Waals surface area contributed by atoms with Crippen LogP contribution in [0.2, 0.25) is 0 Å². The summed E-state index contributed by atoms with van der Waals surface area (Å²) in [5.74, 6) is 2.43. The summed E-state index contributed by atoms with van der Waals surface area (Å²) in [4.78, 5) is 0. The van der Waals surface area contributed by atoms with E-state index in [9.17, 15) is 0 Å². The van der Waals surface area contributed by atoms with E-state index in [4.69, 9.17) is 4.74 Å². The number of hydrogen-bond acceptors (Lipinski definition) is 3. The second-order valence-corrected chi connectivity index (χ2v) is 4.23. The highest BCUT2D eigenvalue weighted by molar-refractivity contribution is 7.99. The van der Waals surface area contributed by atoms with E-state index in [0.29, 0.717) is 6.04 Å². The molecule has 0 spiro atoms. The maximum Gasteiger partial charge on any atom is 0.0476 e. The Bertz CT molecular complexity index is 90.6. The van der Waals surface area contributed by atoms with Crippen LogP contribution in [0.5, 0.6) is 0 Å². The zero-order valence-electron chi connectivity index (χ0n) is 8.43. The fourth-order valence-electron chi connectivity index (χ4n) is 0.919. The first-order valence-electron chi connectivity index (χ1n) is 4.61. The Balaban J connectivity index is 3.02. The molecular formula is C9H21NOS. The Morgan fingerprint density at radius 3 is 2.83 bits per heavy atom. The molecule has 12 heavy (non-hydrogen) atoms. The summed E-state index contributed by atoms with van der Waals surface area (Å²) in [5.41, 5.74) is 0. The molecule has 0 rings (SSSR count). The quantitative estimate of drug-likeness (QED) is 0.591. The number of methoxy groups -OCH3 is 1. The summed E-state index contributed by atoms with van der Waals surface area (Å²) < 4.78 is 4.99. The van der Waals surface area contributed by atoms with E-state index in [1.807, 2.05) is 11.8 Å². The molecule has 0 aromatic carbocycles. The van der Waals surface area contributed by atoms with Crippen molar-refractivity contribution in [3.05, 3.63) is 0 Å². The van der Waals surface area contributed by atoms with Crippen molar-refractivity contribution in [1.29, 1.82) is 0 Å². The molecule has 2 nitrogen and oxygen atoms in total. The molecule has 0 radical (unpaired) electrons. The molecule has 0 aliphatic carbocycles. The molecular weight excluding hydrogens is 170 g/mol. The van der Waals surface area contributed by atoms with Crippen LogP contribution in [0.25, 0.3) is 0 Å². The van der Waals surface area contributed by atoms with Gasteiger partial charge >= 0.3 is 0 Å². The van der Waals surface area contributed by atoms with Gasteiger partial charge in [-0.05, 0) is 19.1 Å². The van der Waals surface area contributed by atoms with Gasteiger partial charge in [-0.2, -0.15) is 11.8 Å². The molecule has 1 N–H and O–H groups in total. The summed E-state index contributed by atoms with van der Waals surface area (Å²) in [6.07, 6.45) is 1.10. The second kappa shape index (κ2) is 9.36. The minimum atomic E-state index is 0.586. The van der Waals surface area contributed by atoms with Crippen LogP contribution in [0, 0.1) is 0 Å². The van der Waals surface area contributed by atoms with Gasteiger partial charge < -0.3 is 10.1 Å². The molecule has 0 saturated heterocycles. The Kier molecular flexibility index (Phi) is 9.57. The molecule has 74 valence electrons. The van der Waals surface area contributed by atoms with E-state index in [1.54, 1.807) is 7.11 Å². The normalized spacial score (nSPS) is 13.2. The Hall–Kier alpha value is 0.270. The Morgan fingerprint density at radius 1 is 1.50 bits per heavy atom. The standard InChI is InChI=1S/C9H21NOS/c1-4-12-8-6-10-9(2)5-7-11-3/h9-10H,4-8H2,1-3H3. The first kappa shape index (κ1) is 12.3. The van der Waals surface area contributed by atoms with Crippen molar-refractivity contribution in [3.8, 4) is 0 Å². The molecule has 1 unspecified atom stereocenters. The minimum Gasteiger partial charge on any atom is -0.385 e. The maximum absolute atomic E-state index is 4.99. The van der Waals surface area contributed by atoms with Gasteiger partial charge in [-0.1, -0.05) is 6.92 Å². The first-order chi connectivity index (χ1) is 5.81. The lowest BCUT2D eigenvalue weighted by Crippen LogP contribution is -2.29. The molecule has 0 aliphatic rings. The zero-order chi connectivity index (χ0) is 9.23. The lowest BCUT2D eigenvalue weighted by Gasteiger charge is -2.12. The van der Waals surface area contributed by atoms with Crippen molar-refractivity contribution < 1.29 is 4.74 Å². The van der Waals surface area contributed by atoms with Crippen LogP contribution in [0.1, 0.15) is 20.3 Å². The average Bonchev–Trinajstić information content (AvgIpc) is 2.09. The maximum atomic E-state index is 4.99. The topological polar surface area (TPSA) is 21.3 Å². The number of ether oxygens (including phenoxy) is 1.